The van der Waals surface area contributed by atoms with Crippen molar-refractivity contribution in [2.45, 2.75) is 45.1 Å². The number of aryl methyl sites for hydroxylation is 1. The molecule has 1 fully saturated rings. The largest absolute Gasteiger partial charge is 0.340 e. The summed E-state index contributed by atoms with van der Waals surface area (Å²) < 4.78 is 16.8. The molecule has 0 aliphatic heterocycles. The molecule has 0 saturated heterocycles. The molecule has 1 aliphatic carbocycles. The number of H-pyrrole nitrogens is 1. The fourth-order valence-electron chi connectivity index (χ4n) is 4.72. The maximum Gasteiger partial charge on any atom is 0.199 e. The van der Waals surface area contributed by atoms with Crippen molar-refractivity contribution in [2.75, 3.05) is 0 Å². The van der Waals surface area contributed by atoms with Crippen LogP contribution in [0.3, 0.4) is 0 Å². The number of benzene rings is 2. The SMILES string of the molecule is CCc1cc2c(=O)c3c4ccc(C#N)cc4[nH]c3n(C3CCCC3)c2cc1F. The third kappa shape index (κ3) is 2.31. The molecule has 2 heterocycles. The van der Waals surface area contributed by atoms with Gasteiger partial charge in [0, 0.05) is 22.3 Å². The van der Waals surface area contributed by atoms with Crippen molar-refractivity contribution in [1.29, 1.82) is 5.26 Å². The fourth-order valence-corrected chi connectivity index (χ4v) is 4.72. The summed E-state index contributed by atoms with van der Waals surface area (Å²) in [6, 6.07) is 11.0. The number of hydrogen-bond acceptors (Lipinski definition) is 2. The van der Waals surface area contributed by atoms with Crippen LogP contribution in [-0.4, -0.2) is 9.55 Å². The highest BCUT2D eigenvalue weighted by molar-refractivity contribution is 6.10. The van der Waals surface area contributed by atoms with Crippen molar-refractivity contribution in [3.05, 3.63) is 57.5 Å². The van der Waals surface area contributed by atoms with Gasteiger partial charge in [-0.25, -0.2) is 4.39 Å². The Labute approximate surface area is 161 Å². The third-order valence-electron chi connectivity index (χ3n) is 6.12. The first-order chi connectivity index (χ1) is 13.6. The van der Waals surface area contributed by atoms with Crippen LogP contribution < -0.4 is 5.43 Å². The number of nitriles is 1. The van der Waals surface area contributed by atoms with E-state index < -0.39 is 0 Å². The Morgan fingerprint density at radius 3 is 2.71 bits per heavy atom. The minimum absolute atomic E-state index is 0.0788. The lowest BCUT2D eigenvalue weighted by atomic mass is 10.0. The molecule has 140 valence electrons. The lowest BCUT2D eigenvalue weighted by molar-refractivity contribution is 0.543. The first kappa shape index (κ1) is 17.0. The zero-order valence-corrected chi connectivity index (χ0v) is 15.7. The number of hydrogen-bond donors (Lipinski definition) is 1. The van der Waals surface area contributed by atoms with Crippen LogP contribution in [0, 0.1) is 17.1 Å². The predicted molar refractivity (Wildman–Crippen MR) is 109 cm³/mol. The van der Waals surface area contributed by atoms with Gasteiger partial charge in [0.2, 0.25) is 0 Å². The molecule has 1 aliphatic rings. The van der Waals surface area contributed by atoms with Crippen molar-refractivity contribution in [3.8, 4) is 6.07 Å². The van der Waals surface area contributed by atoms with Gasteiger partial charge in [-0.1, -0.05) is 25.8 Å². The van der Waals surface area contributed by atoms with Crippen molar-refractivity contribution >= 4 is 32.8 Å². The molecule has 4 aromatic rings. The molecule has 1 N–H and O–H groups in total. The maximum absolute atomic E-state index is 14.7. The minimum atomic E-state index is -0.261. The number of aromatic amines is 1. The Morgan fingerprint density at radius 2 is 2.00 bits per heavy atom. The van der Waals surface area contributed by atoms with Crippen molar-refractivity contribution in [3.63, 3.8) is 0 Å². The summed E-state index contributed by atoms with van der Waals surface area (Å²) >= 11 is 0. The monoisotopic (exact) mass is 373 g/mol. The molecule has 0 amide bonds. The predicted octanol–water partition coefficient (Wildman–Crippen LogP) is 5.32. The van der Waals surface area contributed by atoms with E-state index in [4.69, 9.17) is 0 Å². The molecule has 5 heteroatoms. The van der Waals surface area contributed by atoms with Gasteiger partial charge in [-0.3, -0.25) is 4.79 Å². The topological polar surface area (TPSA) is 61.6 Å². The summed E-state index contributed by atoms with van der Waals surface area (Å²) in [6.45, 7) is 1.90. The number of fused-ring (bicyclic) bond motifs is 4. The van der Waals surface area contributed by atoms with Gasteiger partial charge in [-0.05, 0) is 49.1 Å². The Balaban J connectivity index is 2.01. The summed E-state index contributed by atoms with van der Waals surface area (Å²) in [7, 11) is 0. The third-order valence-corrected chi connectivity index (χ3v) is 6.12. The van der Waals surface area contributed by atoms with Gasteiger partial charge < -0.3 is 9.55 Å². The molecule has 0 spiro atoms. The normalized spacial score (nSPS) is 15.0. The standard InChI is InChI=1S/C23H20FN3O/c1-2-14-10-17-20(11-18(14)24)27(15-5-3-4-6-15)23-21(22(17)28)16-8-7-13(12-25)9-19(16)26-23/h7-11,15,26H,2-6H2,1H3. The van der Waals surface area contributed by atoms with Crippen LogP contribution >= 0.6 is 0 Å². The molecule has 0 bridgehead atoms. The van der Waals surface area contributed by atoms with Crippen LogP contribution in [0.4, 0.5) is 4.39 Å². The number of pyridine rings is 1. The number of halogens is 1. The van der Waals surface area contributed by atoms with Gasteiger partial charge in [-0.2, -0.15) is 5.26 Å². The van der Waals surface area contributed by atoms with Crippen LogP contribution in [0.1, 0.15) is 49.8 Å². The highest BCUT2D eigenvalue weighted by atomic mass is 19.1. The molecule has 2 aromatic carbocycles. The van der Waals surface area contributed by atoms with Crippen LogP contribution in [0.15, 0.2) is 35.1 Å². The van der Waals surface area contributed by atoms with E-state index in [1.54, 1.807) is 18.2 Å². The molecule has 5 rings (SSSR count). The lowest BCUT2D eigenvalue weighted by Crippen LogP contribution is -2.15. The van der Waals surface area contributed by atoms with Crippen molar-refractivity contribution in [1.82, 2.24) is 9.55 Å². The highest BCUT2D eigenvalue weighted by Crippen LogP contribution is 2.36. The van der Waals surface area contributed by atoms with E-state index in [1.807, 2.05) is 13.0 Å². The summed E-state index contributed by atoms with van der Waals surface area (Å²) in [5.74, 6) is -0.261. The van der Waals surface area contributed by atoms with Gasteiger partial charge in [0.15, 0.2) is 5.43 Å². The molecular formula is C23H20FN3O. The van der Waals surface area contributed by atoms with E-state index >= 15 is 0 Å². The first-order valence-corrected chi connectivity index (χ1v) is 9.84. The Morgan fingerprint density at radius 1 is 1.21 bits per heavy atom. The molecule has 0 atom stereocenters. The van der Waals surface area contributed by atoms with Crippen LogP contribution in [0.2, 0.25) is 0 Å². The summed E-state index contributed by atoms with van der Waals surface area (Å²) in [5.41, 5.74) is 3.19. The van der Waals surface area contributed by atoms with E-state index in [9.17, 15) is 14.4 Å². The number of rotatable bonds is 2. The minimum Gasteiger partial charge on any atom is -0.340 e. The van der Waals surface area contributed by atoms with E-state index in [0.717, 1.165) is 42.2 Å². The molecular weight excluding hydrogens is 353 g/mol. The Kier molecular flexibility index (Phi) is 3.77. The lowest BCUT2D eigenvalue weighted by Gasteiger charge is -2.20. The summed E-state index contributed by atoms with van der Waals surface area (Å²) in [4.78, 5) is 16.8. The van der Waals surface area contributed by atoms with E-state index in [1.165, 1.54) is 6.07 Å². The molecule has 0 radical (unpaired) electrons. The number of nitrogens with zero attached hydrogens (tertiary/aromatic N) is 2. The van der Waals surface area contributed by atoms with Crippen molar-refractivity contribution in [2.24, 2.45) is 0 Å². The Hall–Kier alpha value is -3.13. The molecule has 0 unspecified atom stereocenters. The van der Waals surface area contributed by atoms with Gasteiger partial charge >= 0.3 is 0 Å². The smallest absolute Gasteiger partial charge is 0.199 e. The molecule has 1 saturated carbocycles. The second kappa shape index (κ2) is 6.20. The maximum atomic E-state index is 14.7. The van der Waals surface area contributed by atoms with Gasteiger partial charge in [0.25, 0.3) is 0 Å². The Bertz CT molecular complexity index is 1350. The van der Waals surface area contributed by atoms with Gasteiger partial charge in [0.1, 0.15) is 11.5 Å². The van der Waals surface area contributed by atoms with Crippen LogP contribution in [0.5, 0.6) is 0 Å². The van der Waals surface area contributed by atoms with E-state index in [2.05, 4.69) is 15.6 Å². The van der Waals surface area contributed by atoms with Gasteiger partial charge in [-0.15, -0.1) is 0 Å². The second-order valence-corrected chi connectivity index (χ2v) is 7.67. The van der Waals surface area contributed by atoms with E-state index in [0.29, 0.717) is 33.8 Å². The van der Waals surface area contributed by atoms with Gasteiger partial charge in [0.05, 0.1) is 22.5 Å². The zero-order chi connectivity index (χ0) is 19.4. The van der Waals surface area contributed by atoms with Crippen molar-refractivity contribution < 1.29 is 4.39 Å². The molecule has 2 aromatic heterocycles. The summed E-state index contributed by atoms with van der Waals surface area (Å²) in [5, 5.41) is 11.2. The van der Waals surface area contributed by atoms with Crippen LogP contribution in [0.25, 0.3) is 32.8 Å². The number of nitrogens with one attached hydrogen (secondary N) is 1. The average Bonchev–Trinajstić information content (AvgIpc) is 3.35. The quantitative estimate of drug-likeness (QED) is 0.517. The molecule has 28 heavy (non-hydrogen) atoms. The first-order valence-electron chi connectivity index (χ1n) is 9.84. The average molecular weight is 373 g/mol. The zero-order valence-electron chi connectivity index (χ0n) is 15.7. The highest BCUT2D eigenvalue weighted by Gasteiger charge is 2.24. The summed E-state index contributed by atoms with van der Waals surface area (Å²) in [6.07, 6.45) is 4.84. The second-order valence-electron chi connectivity index (χ2n) is 7.67. The fraction of sp³-hybridized carbons (Fsp3) is 0.304. The van der Waals surface area contributed by atoms with E-state index in [-0.39, 0.29) is 17.3 Å². The van der Waals surface area contributed by atoms with Crippen LogP contribution in [-0.2, 0) is 6.42 Å². The number of aromatic nitrogens is 2. The molecule has 4 nitrogen and oxygen atoms in total.